The summed E-state index contributed by atoms with van der Waals surface area (Å²) in [5.74, 6) is -2.63. The Labute approximate surface area is 258 Å². The number of carboxylic acid groups (broad SMARTS) is 1. The molecule has 214 valence electrons. The molecular weight excluding hydrogens is 580 g/mol. The molecule has 3 aromatic rings. The first-order chi connectivity index (χ1) is 19.0. The summed E-state index contributed by atoms with van der Waals surface area (Å²) in [6.07, 6.45) is -3.63. The van der Waals surface area contributed by atoms with E-state index in [0.717, 1.165) is 23.5 Å². The molecule has 16 heteroatoms. The van der Waals surface area contributed by atoms with E-state index >= 15 is 4.39 Å². The monoisotopic (exact) mass is 605 g/mol. The van der Waals surface area contributed by atoms with Gasteiger partial charge in [0.1, 0.15) is 22.8 Å². The first kappa shape index (κ1) is 31.3. The number of carbonyl (C=O) groups is 1. The van der Waals surface area contributed by atoms with E-state index in [0.29, 0.717) is 62.8 Å². The average Bonchev–Trinajstić information content (AvgIpc) is 3.29. The van der Waals surface area contributed by atoms with Gasteiger partial charge in [0.2, 0.25) is 5.82 Å². The Morgan fingerprint density at radius 2 is 1.80 bits per heavy atom. The normalized spacial score (nSPS) is 16.3. The molecule has 41 heavy (non-hydrogen) atoms. The van der Waals surface area contributed by atoms with Crippen LogP contribution in [0.5, 0.6) is 0 Å². The van der Waals surface area contributed by atoms with E-state index in [9.17, 15) is 27.5 Å². The van der Waals surface area contributed by atoms with E-state index in [1.54, 1.807) is 4.90 Å². The van der Waals surface area contributed by atoms with Crippen molar-refractivity contribution in [2.24, 2.45) is 5.92 Å². The number of nitrogens with one attached hydrogen (secondary N) is 1. The van der Waals surface area contributed by atoms with E-state index in [4.69, 9.17) is 0 Å². The Bertz CT molecular complexity index is 1400. The smallest absolute Gasteiger partial charge is 0.550 e. The van der Waals surface area contributed by atoms with Crippen molar-refractivity contribution in [1.82, 2.24) is 19.9 Å². The molecule has 0 atom stereocenters. The molecule has 0 bridgehead atoms. The van der Waals surface area contributed by atoms with Gasteiger partial charge in [-0.05, 0) is 30.5 Å². The number of carboxylic acids is 1. The molecule has 4 heterocycles. The third kappa shape index (κ3) is 7.25. The largest absolute Gasteiger partial charge is 1.00 e. The van der Waals surface area contributed by atoms with Crippen molar-refractivity contribution in [2.45, 2.75) is 19.5 Å². The van der Waals surface area contributed by atoms with E-state index < -0.39 is 29.3 Å². The zero-order chi connectivity index (χ0) is 28.6. The maximum absolute atomic E-state index is 15.5. The maximum Gasteiger partial charge on any atom is 1.00 e. The van der Waals surface area contributed by atoms with Crippen LogP contribution in [0.15, 0.2) is 24.5 Å². The Balaban J connectivity index is 0.00000387. The number of benzene rings is 1. The number of thiazole rings is 1. The fourth-order valence-electron chi connectivity index (χ4n) is 4.72. The third-order valence-corrected chi connectivity index (χ3v) is 7.79. The molecule has 0 saturated carbocycles. The molecule has 2 aliphatic rings. The number of piperazine rings is 1. The molecule has 0 radical (unpaired) electrons. The van der Waals surface area contributed by atoms with Crippen LogP contribution < -0.4 is 49.8 Å². The molecule has 2 fully saturated rings. The van der Waals surface area contributed by atoms with Gasteiger partial charge >= 0.3 is 35.7 Å². The summed E-state index contributed by atoms with van der Waals surface area (Å²) >= 11 is 1.11. The van der Waals surface area contributed by atoms with Crippen molar-refractivity contribution in [3.8, 4) is 11.3 Å². The van der Waals surface area contributed by atoms with Crippen molar-refractivity contribution < 1.29 is 61.4 Å². The predicted molar refractivity (Wildman–Crippen MR) is 137 cm³/mol. The first-order valence-electron chi connectivity index (χ1n) is 12.6. The third-order valence-electron chi connectivity index (χ3n) is 6.76. The van der Waals surface area contributed by atoms with Gasteiger partial charge in [-0.2, -0.15) is 17.6 Å². The Morgan fingerprint density at radius 3 is 2.44 bits per heavy atom. The molecule has 0 spiro atoms. The number of aliphatic carboxylic acids is 1. The molecule has 0 amide bonds. The number of anilines is 4. The van der Waals surface area contributed by atoms with E-state index in [2.05, 4.69) is 20.3 Å². The van der Waals surface area contributed by atoms with Gasteiger partial charge in [-0.3, -0.25) is 4.90 Å². The molecule has 0 unspecified atom stereocenters. The van der Waals surface area contributed by atoms with Gasteiger partial charge in [0.25, 0.3) is 0 Å². The van der Waals surface area contributed by atoms with Crippen LogP contribution in [0.2, 0.25) is 0 Å². The molecular formula is C25H25F5N7NaO2S. The molecule has 5 rings (SSSR count). The topological polar surface area (TPSA) is 101 Å². The number of carbonyl (C=O) groups excluding carboxylic acids is 1. The van der Waals surface area contributed by atoms with Crippen LogP contribution in [0, 0.1) is 17.6 Å². The Morgan fingerprint density at radius 1 is 1.10 bits per heavy atom. The number of rotatable bonds is 8. The molecule has 2 saturated heterocycles. The van der Waals surface area contributed by atoms with Gasteiger partial charge in [0, 0.05) is 57.3 Å². The quantitative estimate of drug-likeness (QED) is 0.288. The van der Waals surface area contributed by atoms with Gasteiger partial charge in [0.05, 0.1) is 5.56 Å². The van der Waals surface area contributed by atoms with E-state index in [-0.39, 0.29) is 64.0 Å². The molecule has 2 aromatic heterocycles. The van der Waals surface area contributed by atoms with Gasteiger partial charge in [-0.15, -0.1) is 0 Å². The minimum absolute atomic E-state index is 0. The van der Waals surface area contributed by atoms with Crippen LogP contribution in [-0.4, -0.2) is 71.6 Å². The fourth-order valence-corrected chi connectivity index (χ4v) is 5.73. The maximum atomic E-state index is 15.5. The number of hydrogen-bond acceptors (Lipinski definition) is 10. The van der Waals surface area contributed by atoms with Crippen molar-refractivity contribution in [3.63, 3.8) is 0 Å². The number of nitrogens with zero attached hydrogens (tertiary/aromatic N) is 6. The zero-order valence-electron chi connectivity index (χ0n) is 22.3. The summed E-state index contributed by atoms with van der Waals surface area (Å²) < 4.78 is 69.8. The number of alkyl halides is 3. The summed E-state index contributed by atoms with van der Waals surface area (Å²) in [4.78, 5) is 28.8. The molecule has 9 nitrogen and oxygen atoms in total. The van der Waals surface area contributed by atoms with Crippen LogP contribution in [0.4, 0.5) is 43.7 Å². The summed E-state index contributed by atoms with van der Waals surface area (Å²) in [6, 6.07) is 2.28. The summed E-state index contributed by atoms with van der Waals surface area (Å²) in [5.41, 5.74) is -1.00. The van der Waals surface area contributed by atoms with Gasteiger partial charge in [-0.1, -0.05) is 18.3 Å². The van der Waals surface area contributed by atoms with Crippen LogP contribution in [0.1, 0.15) is 18.9 Å². The average molecular weight is 606 g/mol. The number of aromatic nitrogens is 3. The second-order valence-electron chi connectivity index (χ2n) is 9.84. The van der Waals surface area contributed by atoms with Crippen molar-refractivity contribution in [2.75, 3.05) is 60.9 Å². The van der Waals surface area contributed by atoms with Gasteiger partial charge < -0.3 is 25.0 Å². The van der Waals surface area contributed by atoms with Crippen LogP contribution >= 0.6 is 11.3 Å². The summed E-state index contributed by atoms with van der Waals surface area (Å²) in [6.45, 7) is 5.53. The van der Waals surface area contributed by atoms with Crippen molar-refractivity contribution in [3.05, 3.63) is 41.7 Å². The molecule has 2 aliphatic heterocycles. The number of halogens is 5. The van der Waals surface area contributed by atoms with E-state index in [1.807, 2.05) is 16.7 Å². The van der Waals surface area contributed by atoms with Crippen LogP contribution in [0.25, 0.3) is 11.3 Å². The van der Waals surface area contributed by atoms with Gasteiger partial charge in [0.15, 0.2) is 16.8 Å². The fraction of sp³-hybridized carbons (Fsp3) is 0.440. The summed E-state index contributed by atoms with van der Waals surface area (Å²) in [7, 11) is 0. The standard InChI is InChI=1S/C25H26F5N7O2S.Na/c1-14-11-37(12-14)23-20(15-8-16(25(28,29)30)10-17(26)9-15)33-24(40-23)34-21-19(27)22(32-13-31-21)36-6-4-35(5-7-36)3-2-18(38)39;/h8-10,13-14H,2-7,11-12H2,1H3,(H,38,39)(H,31,32,33,34);/q;+1/p-1. The predicted octanol–water partition coefficient (Wildman–Crippen LogP) is 0.363. The van der Waals surface area contributed by atoms with Gasteiger partial charge in [-0.25, -0.2) is 19.3 Å². The second kappa shape index (κ2) is 12.7. The van der Waals surface area contributed by atoms with Crippen molar-refractivity contribution >= 4 is 39.1 Å². The second-order valence-corrected chi connectivity index (χ2v) is 10.8. The van der Waals surface area contributed by atoms with Crippen LogP contribution in [0.3, 0.4) is 0 Å². The molecule has 0 aliphatic carbocycles. The minimum Gasteiger partial charge on any atom is -0.550 e. The first-order valence-corrected chi connectivity index (χ1v) is 13.4. The SMILES string of the molecule is CC1CN(c2sc(Nc3ncnc(N4CCN(CCC(=O)[O-])CC4)c3F)nc2-c2cc(F)cc(C(F)(F)F)c2)C1.[Na+]. The van der Waals surface area contributed by atoms with E-state index in [1.165, 1.54) is 6.33 Å². The number of hydrogen-bond donors (Lipinski definition) is 1. The minimum atomic E-state index is -4.74. The Kier molecular flexibility index (Phi) is 9.74. The van der Waals surface area contributed by atoms with Crippen LogP contribution in [-0.2, 0) is 11.0 Å². The zero-order valence-corrected chi connectivity index (χ0v) is 25.2. The van der Waals surface area contributed by atoms with Crippen molar-refractivity contribution in [1.29, 1.82) is 0 Å². The molecule has 1 aromatic carbocycles. The Hall–Kier alpha value is -2.59. The molecule has 1 N–H and O–H groups in total. The summed E-state index contributed by atoms with van der Waals surface area (Å²) in [5, 5.41) is 14.3.